The van der Waals surface area contributed by atoms with E-state index in [4.69, 9.17) is 16.3 Å². The second kappa shape index (κ2) is 7.64. The minimum Gasteiger partial charge on any atom is -0.492 e. The minimum absolute atomic E-state index is 0.0574. The van der Waals surface area contributed by atoms with Crippen LogP contribution in [0.5, 0.6) is 5.75 Å². The standard InChI is InChI=1S/C21H21ClN4O2/c1-14(15-3-6-19(7-4-15)26-13-23-12-24-26)25(2)21(27)17-9-16-10-18(22)5-8-20(16)28-11-17/h3-8,10,12-14,17H,9,11H2,1-2H3/t14-,17-/m1/s1. The van der Waals surface area contributed by atoms with Crippen molar-refractivity contribution >= 4 is 17.5 Å². The molecular formula is C21H21ClN4O2. The van der Waals surface area contributed by atoms with E-state index in [0.29, 0.717) is 18.1 Å². The van der Waals surface area contributed by atoms with Gasteiger partial charge in [-0.2, -0.15) is 5.10 Å². The maximum Gasteiger partial charge on any atom is 0.229 e. The highest BCUT2D eigenvalue weighted by Crippen LogP contribution is 2.31. The lowest BCUT2D eigenvalue weighted by Gasteiger charge is -2.32. The molecule has 1 aromatic heterocycles. The Morgan fingerprint density at radius 1 is 1.29 bits per heavy atom. The number of benzene rings is 2. The van der Waals surface area contributed by atoms with Crippen molar-refractivity contribution in [3.8, 4) is 11.4 Å². The van der Waals surface area contributed by atoms with E-state index in [1.54, 1.807) is 22.0 Å². The van der Waals surface area contributed by atoms with Gasteiger partial charge in [0.05, 0.1) is 17.6 Å². The second-order valence-corrected chi connectivity index (χ2v) is 7.46. The lowest BCUT2D eigenvalue weighted by atomic mass is 9.94. The number of amides is 1. The van der Waals surface area contributed by atoms with E-state index in [1.165, 1.54) is 6.33 Å². The lowest BCUT2D eigenvalue weighted by molar-refractivity contribution is -0.137. The number of fused-ring (bicyclic) bond motifs is 1. The van der Waals surface area contributed by atoms with E-state index < -0.39 is 0 Å². The maximum atomic E-state index is 13.1. The van der Waals surface area contributed by atoms with E-state index in [1.807, 2.05) is 50.4 Å². The fraction of sp³-hybridized carbons (Fsp3) is 0.286. The lowest BCUT2D eigenvalue weighted by Crippen LogP contribution is -2.39. The average molecular weight is 397 g/mol. The molecule has 0 unspecified atom stereocenters. The molecule has 2 atom stereocenters. The molecule has 0 bridgehead atoms. The summed E-state index contributed by atoms with van der Waals surface area (Å²) in [5, 5.41) is 4.78. The van der Waals surface area contributed by atoms with Crippen LogP contribution in [0.25, 0.3) is 5.69 Å². The molecule has 0 fully saturated rings. The Labute approximate surface area is 168 Å². The molecule has 0 saturated carbocycles. The van der Waals surface area contributed by atoms with Crippen molar-refractivity contribution in [2.75, 3.05) is 13.7 Å². The maximum absolute atomic E-state index is 13.1. The van der Waals surface area contributed by atoms with Crippen molar-refractivity contribution in [2.45, 2.75) is 19.4 Å². The monoisotopic (exact) mass is 396 g/mol. The smallest absolute Gasteiger partial charge is 0.229 e. The Bertz CT molecular complexity index is 973. The van der Waals surface area contributed by atoms with Gasteiger partial charge in [0.1, 0.15) is 25.0 Å². The number of hydrogen-bond acceptors (Lipinski definition) is 4. The predicted octanol–water partition coefficient (Wildman–Crippen LogP) is 3.69. The summed E-state index contributed by atoms with van der Waals surface area (Å²) >= 11 is 6.09. The summed E-state index contributed by atoms with van der Waals surface area (Å²) in [5.74, 6) is 0.666. The molecule has 6 nitrogen and oxygen atoms in total. The van der Waals surface area contributed by atoms with Gasteiger partial charge in [0.2, 0.25) is 5.91 Å². The number of rotatable bonds is 4. The van der Waals surface area contributed by atoms with Gasteiger partial charge in [-0.25, -0.2) is 9.67 Å². The van der Waals surface area contributed by atoms with Gasteiger partial charge in [-0.05, 0) is 54.8 Å². The first-order chi connectivity index (χ1) is 13.5. The molecule has 144 valence electrons. The molecule has 0 spiro atoms. The Balaban J connectivity index is 1.46. The summed E-state index contributed by atoms with van der Waals surface area (Å²) in [5.41, 5.74) is 2.96. The van der Waals surface area contributed by atoms with E-state index in [2.05, 4.69) is 10.1 Å². The molecule has 0 aliphatic carbocycles. The largest absolute Gasteiger partial charge is 0.492 e. The van der Waals surface area contributed by atoms with Crippen LogP contribution in [-0.4, -0.2) is 39.2 Å². The van der Waals surface area contributed by atoms with Crippen LogP contribution in [0.4, 0.5) is 0 Å². The number of hydrogen-bond donors (Lipinski definition) is 0. The number of nitrogens with zero attached hydrogens (tertiary/aromatic N) is 4. The Hall–Kier alpha value is -2.86. The Morgan fingerprint density at radius 3 is 2.79 bits per heavy atom. The summed E-state index contributed by atoms with van der Waals surface area (Å²) in [6.07, 6.45) is 3.79. The van der Waals surface area contributed by atoms with Crippen LogP contribution in [0.2, 0.25) is 5.02 Å². The molecular weight excluding hydrogens is 376 g/mol. The van der Waals surface area contributed by atoms with Gasteiger partial charge in [0, 0.05) is 12.1 Å². The first-order valence-electron chi connectivity index (χ1n) is 9.16. The van der Waals surface area contributed by atoms with Crippen LogP contribution in [-0.2, 0) is 11.2 Å². The Morgan fingerprint density at radius 2 is 2.07 bits per heavy atom. The fourth-order valence-corrected chi connectivity index (χ4v) is 3.67. The number of aromatic nitrogens is 3. The molecule has 0 radical (unpaired) electrons. The zero-order valence-electron chi connectivity index (χ0n) is 15.7. The van der Waals surface area contributed by atoms with Crippen molar-refractivity contribution in [1.82, 2.24) is 19.7 Å². The molecule has 2 heterocycles. The van der Waals surface area contributed by atoms with E-state index in [0.717, 1.165) is 22.6 Å². The van der Waals surface area contributed by atoms with Crippen molar-refractivity contribution in [3.05, 3.63) is 71.3 Å². The molecule has 3 aromatic rings. The molecule has 0 N–H and O–H groups in total. The zero-order valence-corrected chi connectivity index (χ0v) is 16.5. The highest BCUT2D eigenvalue weighted by Gasteiger charge is 2.30. The molecule has 1 aliphatic rings. The molecule has 0 saturated heterocycles. The normalized spacial score (nSPS) is 16.8. The van der Waals surface area contributed by atoms with Crippen LogP contribution in [0.15, 0.2) is 55.1 Å². The van der Waals surface area contributed by atoms with Gasteiger partial charge in [0.25, 0.3) is 0 Å². The third-order valence-electron chi connectivity index (χ3n) is 5.27. The Kier molecular flexibility index (Phi) is 5.05. The van der Waals surface area contributed by atoms with Gasteiger partial charge in [-0.3, -0.25) is 4.79 Å². The number of halogens is 1. The fourth-order valence-electron chi connectivity index (χ4n) is 3.47. The van der Waals surface area contributed by atoms with Gasteiger partial charge < -0.3 is 9.64 Å². The van der Waals surface area contributed by atoms with Gasteiger partial charge in [-0.15, -0.1) is 0 Å². The zero-order chi connectivity index (χ0) is 19.7. The van der Waals surface area contributed by atoms with Crippen molar-refractivity contribution < 1.29 is 9.53 Å². The van der Waals surface area contributed by atoms with Crippen LogP contribution >= 0.6 is 11.6 Å². The van der Waals surface area contributed by atoms with Gasteiger partial charge in [-0.1, -0.05) is 23.7 Å². The molecule has 28 heavy (non-hydrogen) atoms. The quantitative estimate of drug-likeness (QED) is 0.674. The third-order valence-corrected chi connectivity index (χ3v) is 5.50. The molecule has 1 amide bonds. The SMILES string of the molecule is C[C@H](c1ccc(-n2cncn2)cc1)N(C)C(=O)[C@H]1COc2ccc(Cl)cc2C1. The molecule has 2 aromatic carbocycles. The topological polar surface area (TPSA) is 60.2 Å². The molecule has 1 aliphatic heterocycles. The highest BCUT2D eigenvalue weighted by molar-refractivity contribution is 6.30. The van der Waals surface area contributed by atoms with Crippen LogP contribution in [0.1, 0.15) is 24.1 Å². The first-order valence-corrected chi connectivity index (χ1v) is 9.53. The highest BCUT2D eigenvalue weighted by atomic mass is 35.5. The van der Waals surface area contributed by atoms with Gasteiger partial charge in [0.15, 0.2) is 0 Å². The van der Waals surface area contributed by atoms with Crippen molar-refractivity contribution in [2.24, 2.45) is 5.92 Å². The predicted molar refractivity (Wildman–Crippen MR) is 107 cm³/mol. The van der Waals surface area contributed by atoms with Crippen LogP contribution < -0.4 is 4.74 Å². The van der Waals surface area contributed by atoms with Crippen LogP contribution in [0, 0.1) is 5.92 Å². The summed E-state index contributed by atoms with van der Waals surface area (Å²) in [6.45, 7) is 2.41. The van der Waals surface area contributed by atoms with Gasteiger partial charge >= 0.3 is 0 Å². The minimum atomic E-state index is -0.215. The summed E-state index contributed by atoms with van der Waals surface area (Å²) in [6, 6.07) is 13.5. The summed E-state index contributed by atoms with van der Waals surface area (Å²) < 4.78 is 7.48. The number of carbonyl (C=O) groups excluding carboxylic acids is 1. The number of ether oxygens (including phenoxy) is 1. The van der Waals surface area contributed by atoms with E-state index in [9.17, 15) is 4.79 Å². The van der Waals surface area contributed by atoms with Crippen molar-refractivity contribution in [3.63, 3.8) is 0 Å². The van der Waals surface area contributed by atoms with E-state index >= 15 is 0 Å². The summed E-state index contributed by atoms with van der Waals surface area (Å²) in [7, 11) is 1.84. The number of carbonyl (C=O) groups is 1. The van der Waals surface area contributed by atoms with Crippen molar-refractivity contribution in [1.29, 1.82) is 0 Å². The average Bonchev–Trinajstić information content (AvgIpc) is 3.26. The van der Waals surface area contributed by atoms with Crippen LogP contribution in [0.3, 0.4) is 0 Å². The summed E-state index contributed by atoms with van der Waals surface area (Å²) in [4.78, 5) is 18.8. The first kappa shape index (κ1) is 18.5. The second-order valence-electron chi connectivity index (χ2n) is 7.02. The molecule has 4 rings (SSSR count). The molecule has 7 heteroatoms. The van der Waals surface area contributed by atoms with E-state index in [-0.39, 0.29) is 17.9 Å². The third kappa shape index (κ3) is 3.60.